The molecule has 9 nitrogen and oxygen atoms in total. The van der Waals surface area contributed by atoms with Crippen molar-refractivity contribution in [2.75, 3.05) is 47.5 Å². The number of quaternary nitrogens is 1. The SMILES string of the molecule is CCCC/C=C\C/C=C\CCCCCCCC(=O)OC(COC(=O)CCCCCCCCCCCCCCCCCCC)COC(OCC[N+](C)(C)C)C(=O)[O-]. The number of nitrogens with zero attached hydrogens (tertiary/aromatic N) is 1. The lowest BCUT2D eigenvalue weighted by Gasteiger charge is -2.26. The van der Waals surface area contributed by atoms with Gasteiger partial charge < -0.3 is 33.3 Å². The summed E-state index contributed by atoms with van der Waals surface area (Å²) < 4.78 is 22.5. The fourth-order valence-corrected chi connectivity index (χ4v) is 6.32. The summed E-state index contributed by atoms with van der Waals surface area (Å²) in [6.45, 7) is 4.70. The predicted molar refractivity (Wildman–Crippen MR) is 228 cm³/mol. The van der Waals surface area contributed by atoms with E-state index in [2.05, 4.69) is 38.2 Å². The van der Waals surface area contributed by atoms with Gasteiger partial charge in [0.25, 0.3) is 0 Å². The Hall–Kier alpha value is -2.23. The van der Waals surface area contributed by atoms with Crippen molar-refractivity contribution in [2.45, 2.75) is 212 Å². The molecule has 0 aromatic carbocycles. The summed E-state index contributed by atoms with van der Waals surface area (Å²) in [6, 6.07) is 0. The summed E-state index contributed by atoms with van der Waals surface area (Å²) in [5.41, 5.74) is 0. The highest BCUT2D eigenvalue weighted by Crippen LogP contribution is 2.15. The molecule has 0 aromatic heterocycles. The summed E-state index contributed by atoms with van der Waals surface area (Å²) >= 11 is 0. The second kappa shape index (κ2) is 39.6. The van der Waals surface area contributed by atoms with Crippen LogP contribution < -0.4 is 5.11 Å². The molecule has 0 fully saturated rings. The number of unbranched alkanes of at least 4 members (excludes halogenated alkanes) is 23. The fourth-order valence-electron chi connectivity index (χ4n) is 6.32. The fraction of sp³-hybridized carbons (Fsp3) is 0.851. The number of carbonyl (C=O) groups excluding carboxylic acids is 3. The maximum Gasteiger partial charge on any atom is 0.306 e. The zero-order valence-electron chi connectivity index (χ0n) is 37.0. The van der Waals surface area contributed by atoms with E-state index in [4.69, 9.17) is 18.9 Å². The van der Waals surface area contributed by atoms with E-state index in [0.717, 1.165) is 64.2 Å². The van der Waals surface area contributed by atoms with Gasteiger partial charge in [-0.25, -0.2) is 0 Å². The van der Waals surface area contributed by atoms with Gasteiger partial charge in [-0.3, -0.25) is 9.59 Å². The van der Waals surface area contributed by atoms with Gasteiger partial charge in [0.1, 0.15) is 13.2 Å². The molecule has 56 heavy (non-hydrogen) atoms. The molecule has 0 amide bonds. The number of rotatable bonds is 42. The average molecular weight is 794 g/mol. The van der Waals surface area contributed by atoms with Gasteiger partial charge in [-0.1, -0.05) is 173 Å². The Balaban J connectivity index is 4.41. The summed E-state index contributed by atoms with van der Waals surface area (Å²) in [5.74, 6) is -2.29. The number of aliphatic carboxylic acids is 1. The van der Waals surface area contributed by atoms with Gasteiger partial charge in [0, 0.05) is 12.8 Å². The minimum atomic E-state index is -1.62. The maximum absolute atomic E-state index is 12.7. The first kappa shape index (κ1) is 53.8. The zero-order chi connectivity index (χ0) is 41.4. The van der Waals surface area contributed by atoms with E-state index in [1.165, 1.54) is 103 Å². The Morgan fingerprint density at radius 2 is 0.982 bits per heavy atom. The number of carboxylic acids is 1. The summed E-state index contributed by atoms with van der Waals surface area (Å²) in [7, 11) is 5.90. The Bertz CT molecular complexity index is 976. The first-order valence-electron chi connectivity index (χ1n) is 23.0. The van der Waals surface area contributed by atoms with E-state index in [1.807, 2.05) is 21.1 Å². The Morgan fingerprint density at radius 1 is 0.536 bits per heavy atom. The van der Waals surface area contributed by atoms with Crippen LogP contribution in [0.2, 0.25) is 0 Å². The van der Waals surface area contributed by atoms with Crippen LogP contribution in [0.5, 0.6) is 0 Å². The first-order valence-corrected chi connectivity index (χ1v) is 23.0. The van der Waals surface area contributed by atoms with E-state index < -0.39 is 24.3 Å². The number of ether oxygens (including phenoxy) is 4. The van der Waals surface area contributed by atoms with E-state index in [9.17, 15) is 19.5 Å². The quantitative estimate of drug-likeness (QED) is 0.0197. The third-order valence-corrected chi connectivity index (χ3v) is 9.95. The van der Waals surface area contributed by atoms with Crippen molar-refractivity contribution in [3.8, 4) is 0 Å². The third-order valence-electron chi connectivity index (χ3n) is 9.95. The smallest absolute Gasteiger partial charge is 0.306 e. The summed E-state index contributed by atoms with van der Waals surface area (Å²) in [4.78, 5) is 37.0. The van der Waals surface area contributed by atoms with Gasteiger partial charge in [-0.2, -0.15) is 0 Å². The molecule has 0 aliphatic rings. The van der Waals surface area contributed by atoms with E-state index in [1.54, 1.807) is 0 Å². The lowest BCUT2D eigenvalue weighted by Crippen LogP contribution is -2.44. The Labute approximate surface area is 344 Å². The number of allylic oxidation sites excluding steroid dienone is 4. The zero-order valence-corrected chi connectivity index (χ0v) is 37.0. The lowest BCUT2D eigenvalue weighted by molar-refractivity contribution is -0.870. The van der Waals surface area contributed by atoms with Gasteiger partial charge in [0.05, 0.1) is 40.3 Å². The molecule has 0 aromatic rings. The molecule has 0 aliphatic heterocycles. The average Bonchev–Trinajstić information content (AvgIpc) is 3.15. The number of hydrogen-bond donors (Lipinski definition) is 0. The molecule has 2 atom stereocenters. The molecule has 0 aliphatic carbocycles. The van der Waals surface area contributed by atoms with Gasteiger partial charge in [0.15, 0.2) is 12.4 Å². The van der Waals surface area contributed by atoms with Crippen LogP contribution in [0, 0.1) is 0 Å². The molecule has 2 unspecified atom stereocenters. The molecular formula is C47H87NO8. The molecule has 0 radical (unpaired) electrons. The number of carboxylic acid groups (broad SMARTS) is 1. The van der Waals surface area contributed by atoms with Gasteiger partial charge in [0.2, 0.25) is 0 Å². The van der Waals surface area contributed by atoms with Crippen LogP contribution in [0.1, 0.15) is 200 Å². The van der Waals surface area contributed by atoms with Crippen molar-refractivity contribution >= 4 is 17.9 Å². The van der Waals surface area contributed by atoms with Crippen LogP contribution in [0.25, 0.3) is 0 Å². The normalized spacial score (nSPS) is 13.1. The van der Waals surface area contributed by atoms with Crippen molar-refractivity contribution in [1.29, 1.82) is 0 Å². The monoisotopic (exact) mass is 794 g/mol. The van der Waals surface area contributed by atoms with Gasteiger partial charge in [-0.15, -0.1) is 0 Å². The minimum absolute atomic E-state index is 0.147. The van der Waals surface area contributed by atoms with Crippen LogP contribution in [0.4, 0.5) is 0 Å². The lowest BCUT2D eigenvalue weighted by atomic mass is 10.0. The number of hydrogen-bond acceptors (Lipinski definition) is 8. The van der Waals surface area contributed by atoms with Crippen LogP contribution in [0.3, 0.4) is 0 Å². The molecule has 0 saturated heterocycles. The van der Waals surface area contributed by atoms with Gasteiger partial charge in [-0.05, 0) is 38.5 Å². The second-order valence-electron chi connectivity index (χ2n) is 16.7. The van der Waals surface area contributed by atoms with Crippen LogP contribution in [-0.4, -0.2) is 82.3 Å². The van der Waals surface area contributed by atoms with Crippen molar-refractivity contribution in [3.63, 3.8) is 0 Å². The highest BCUT2D eigenvalue weighted by atomic mass is 16.7. The molecule has 0 N–H and O–H groups in total. The second-order valence-corrected chi connectivity index (χ2v) is 16.7. The topological polar surface area (TPSA) is 111 Å². The third kappa shape index (κ3) is 40.0. The number of carbonyl (C=O) groups is 3. The Morgan fingerprint density at radius 3 is 1.46 bits per heavy atom. The Kier molecular flexibility index (Phi) is 38.0. The standard InChI is InChI=1S/C47H87NO8/c1-6-8-10-12-14-16-18-20-22-23-24-26-27-29-31-33-35-37-44(49)54-41-43(42-55-47(46(51)52)53-40-39-48(3,4)5)56-45(50)38-36-34-32-30-28-25-21-19-17-15-13-11-9-7-2/h13,15,19,21,43,47H,6-12,14,16-18,20,22-42H2,1-5H3/b15-13-,21-19-. The van der Waals surface area contributed by atoms with Gasteiger partial charge >= 0.3 is 11.9 Å². The van der Waals surface area contributed by atoms with Crippen molar-refractivity contribution in [3.05, 3.63) is 24.3 Å². The van der Waals surface area contributed by atoms with E-state index in [-0.39, 0.29) is 32.2 Å². The molecule has 0 spiro atoms. The molecule has 0 bridgehead atoms. The van der Waals surface area contributed by atoms with E-state index >= 15 is 0 Å². The van der Waals surface area contributed by atoms with Crippen LogP contribution >= 0.6 is 0 Å². The van der Waals surface area contributed by atoms with E-state index in [0.29, 0.717) is 23.9 Å². The maximum atomic E-state index is 12.7. The largest absolute Gasteiger partial charge is 0.545 e. The van der Waals surface area contributed by atoms with Crippen LogP contribution in [0.15, 0.2) is 24.3 Å². The van der Waals surface area contributed by atoms with Crippen LogP contribution in [-0.2, 0) is 33.3 Å². The molecule has 0 heterocycles. The predicted octanol–water partition coefficient (Wildman–Crippen LogP) is 10.7. The molecular weight excluding hydrogens is 707 g/mol. The molecule has 0 rings (SSSR count). The number of likely N-dealkylation sites (N-methyl/N-ethyl adjacent to an activating group) is 1. The highest BCUT2D eigenvalue weighted by Gasteiger charge is 2.21. The number of esters is 2. The highest BCUT2D eigenvalue weighted by molar-refractivity contribution is 5.70. The molecule has 0 saturated carbocycles. The summed E-state index contributed by atoms with van der Waals surface area (Å²) in [5, 5.41) is 11.7. The first-order chi connectivity index (χ1) is 27.1. The van der Waals surface area contributed by atoms with Crippen molar-refractivity contribution < 1.29 is 42.9 Å². The van der Waals surface area contributed by atoms with Crippen molar-refractivity contribution in [1.82, 2.24) is 0 Å². The minimum Gasteiger partial charge on any atom is -0.545 e. The van der Waals surface area contributed by atoms with Crippen molar-refractivity contribution in [2.24, 2.45) is 0 Å². The molecule has 328 valence electrons. The summed E-state index contributed by atoms with van der Waals surface area (Å²) in [6.07, 6.45) is 39.2. The molecule has 9 heteroatoms.